The van der Waals surface area contributed by atoms with E-state index in [1.807, 2.05) is 67.6 Å². The van der Waals surface area contributed by atoms with Crippen LogP contribution in [0.25, 0.3) is 11.1 Å². The van der Waals surface area contributed by atoms with Gasteiger partial charge in [0.25, 0.3) is 0 Å². The molecule has 0 aromatic heterocycles. The fraction of sp³-hybridized carbons (Fsp3) is 0.167. The van der Waals surface area contributed by atoms with Gasteiger partial charge in [0, 0.05) is 5.69 Å². The number of anilines is 1. The van der Waals surface area contributed by atoms with E-state index in [2.05, 4.69) is 22.8 Å². The molecule has 3 aromatic carbocycles. The SMILES string of the molecule is CCc1cccc(NC(=O)C(=O)NCCOc2ccc(-c3ccccc3)cc2)c1. The highest BCUT2D eigenvalue weighted by molar-refractivity contribution is 6.39. The largest absolute Gasteiger partial charge is 0.492 e. The molecular formula is C24H24N2O3. The average Bonchev–Trinajstić information content (AvgIpc) is 2.77. The molecule has 2 amide bonds. The van der Waals surface area contributed by atoms with Crippen LogP contribution < -0.4 is 15.4 Å². The Morgan fingerprint density at radius 2 is 1.55 bits per heavy atom. The molecule has 5 nitrogen and oxygen atoms in total. The van der Waals surface area contributed by atoms with Crippen molar-refractivity contribution in [2.45, 2.75) is 13.3 Å². The van der Waals surface area contributed by atoms with Crippen molar-refractivity contribution in [3.05, 3.63) is 84.4 Å². The summed E-state index contributed by atoms with van der Waals surface area (Å²) < 4.78 is 5.63. The van der Waals surface area contributed by atoms with E-state index in [-0.39, 0.29) is 13.2 Å². The normalized spacial score (nSPS) is 10.2. The molecule has 2 N–H and O–H groups in total. The molecule has 148 valence electrons. The number of aryl methyl sites for hydroxylation is 1. The predicted molar refractivity (Wildman–Crippen MR) is 115 cm³/mol. The molecule has 0 atom stereocenters. The first-order valence-electron chi connectivity index (χ1n) is 9.62. The molecule has 0 aliphatic carbocycles. The zero-order valence-electron chi connectivity index (χ0n) is 16.4. The molecule has 0 bridgehead atoms. The Bertz CT molecular complexity index is 953. The molecule has 0 saturated carbocycles. The fourth-order valence-electron chi connectivity index (χ4n) is 2.84. The van der Waals surface area contributed by atoms with Gasteiger partial charge in [-0.2, -0.15) is 0 Å². The Labute approximate surface area is 170 Å². The Morgan fingerprint density at radius 3 is 2.28 bits per heavy atom. The zero-order valence-corrected chi connectivity index (χ0v) is 16.4. The van der Waals surface area contributed by atoms with Crippen LogP contribution in [0.5, 0.6) is 5.75 Å². The second-order valence-corrected chi connectivity index (χ2v) is 6.50. The highest BCUT2D eigenvalue weighted by Crippen LogP contribution is 2.21. The standard InChI is InChI=1S/C24H24N2O3/c1-2-18-7-6-10-21(17-18)26-24(28)23(27)25-15-16-29-22-13-11-20(12-14-22)19-8-4-3-5-9-19/h3-14,17H,2,15-16H2,1H3,(H,25,27)(H,26,28). The Hall–Kier alpha value is -3.60. The van der Waals surface area contributed by atoms with Crippen molar-refractivity contribution >= 4 is 17.5 Å². The molecule has 3 rings (SSSR count). The van der Waals surface area contributed by atoms with Gasteiger partial charge in [-0.3, -0.25) is 9.59 Å². The highest BCUT2D eigenvalue weighted by Gasteiger charge is 2.13. The maximum Gasteiger partial charge on any atom is 0.313 e. The van der Waals surface area contributed by atoms with Crippen molar-refractivity contribution in [3.8, 4) is 16.9 Å². The summed E-state index contributed by atoms with van der Waals surface area (Å²) in [4.78, 5) is 23.9. The van der Waals surface area contributed by atoms with Gasteiger partial charge >= 0.3 is 11.8 Å². The van der Waals surface area contributed by atoms with Gasteiger partial charge in [-0.05, 0) is 47.4 Å². The van der Waals surface area contributed by atoms with E-state index in [9.17, 15) is 9.59 Å². The van der Waals surface area contributed by atoms with Gasteiger partial charge in [0.2, 0.25) is 0 Å². The number of hydrogen-bond donors (Lipinski definition) is 2. The predicted octanol–water partition coefficient (Wildman–Crippen LogP) is 4.05. The van der Waals surface area contributed by atoms with Crippen LogP contribution in [0.3, 0.4) is 0 Å². The molecule has 5 heteroatoms. The lowest BCUT2D eigenvalue weighted by molar-refractivity contribution is -0.136. The van der Waals surface area contributed by atoms with Crippen LogP contribution >= 0.6 is 0 Å². The van der Waals surface area contributed by atoms with E-state index in [1.54, 1.807) is 6.07 Å². The second kappa shape index (κ2) is 10.1. The fourth-order valence-corrected chi connectivity index (χ4v) is 2.84. The lowest BCUT2D eigenvalue weighted by Gasteiger charge is -2.09. The van der Waals surface area contributed by atoms with Crippen LogP contribution in [0, 0.1) is 0 Å². The Morgan fingerprint density at radius 1 is 0.828 bits per heavy atom. The van der Waals surface area contributed by atoms with Crippen LogP contribution in [0.2, 0.25) is 0 Å². The van der Waals surface area contributed by atoms with E-state index in [0.717, 1.165) is 23.1 Å². The van der Waals surface area contributed by atoms with Crippen LogP contribution in [-0.4, -0.2) is 25.0 Å². The van der Waals surface area contributed by atoms with Crippen LogP contribution in [0.1, 0.15) is 12.5 Å². The minimum absolute atomic E-state index is 0.238. The van der Waals surface area contributed by atoms with Gasteiger partial charge in [0.1, 0.15) is 12.4 Å². The summed E-state index contributed by atoms with van der Waals surface area (Å²) in [6.07, 6.45) is 0.861. The summed E-state index contributed by atoms with van der Waals surface area (Å²) in [7, 11) is 0. The van der Waals surface area contributed by atoms with Crippen molar-refractivity contribution in [2.75, 3.05) is 18.5 Å². The van der Waals surface area contributed by atoms with Gasteiger partial charge in [-0.1, -0.05) is 61.5 Å². The van der Waals surface area contributed by atoms with Gasteiger partial charge < -0.3 is 15.4 Å². The second-order valence-electron chi connectivity index (χ2n) is 6.50. The van der Waals surface area contributed by atoms with Gasteiger partial charge in [-0.15, -0.1) is 0 Å². The molecular weight excluding hydrogens is 364 g/mol. The lowest BCUT2D eigenvalue weighted by Crippen LogP contribution is -2.37. The third-order valence-corrected chi connectivity index (χ3v) is 4.42. The number of carbonyl (C=O) groups excluding carboxylic acids is 2. The lowest BCUT2D eigenvalue weighted by atomic mass is 10.1. The third kappa shape index (κ3) is 5.94. The molecule has 0 unspecified atom stereocenters. The molecule has 29 heavy (non-hydrogen) atoms. The Balaban J connectivity index is 1.41. The molecule has 0 aliphatic heterocycles. The molecule has 0 radical (unpaired) electrons. The number of benzene rings is 3. The molecule has 0 heterocycles. The quantitative estimate of drug-likeness (QED) is 0.474. The number of hydrogen-bond acceptors (Lipinski definition) is 3. The van der Waals surface area contributed by atoms with Crippen LogP contribution in [0.4, 0.5) is 5.69 Å². The van der Waals surface area contributed by atoms with E-state index in [1.165, 1.54) is 0 Å². The average molecular weight is 388 g/mol. The molecule has 0 spiro atoms. The van der Waals surface area contributed by atoms with E-state index >= 15 is 0 Å². The number of ether oxygens (including phenoxy) is 1. The maximum atomic E-state index is 12.0. The highest BCUT2D eigenvalue weighted by atomic mass is 16.5. The summed E-state index contributed by atoms with van der Waals surface area (Å²) >= 11 is 0. The summed E-state index contributed by atoms with van der Waals surface area (Å²) in [6.45, 7) is 2.54. The number of amides is 2. The maximum absolute atomic E-state index is 12.0. The van der Waals surface area contributed by atoms with E-state index in [0.29, 0.717) is 11.4 Å². The molecule has 3 aromatic rings. The summed E-state index contributed by atoms with van der Waals surface area (Å²) in [5.41, 5.74) is 3.95. The van der Waals surface area contributed by atoms with Crippen molar-refractivity contribution in [2.24, 2.45) is 0 Å². The van der Waals surface area contributed by atoms with E-state index in [4.69, 9.17) is 4.74 Å². The van der Waals surface area contributed by atoms with Crippen LogP contribution in [0.15, 0.2) is 78.9 Å². The van der Waals surface area contributed by atoms with E-state index < -0.39 is 11.8 Å². The summed E-state index contributed by atoms with van der Waals surface area (Å²) in [6, 6.07) is 25.3. The first kappa shape index (κ1) is 20.1. The summed E-state index contributed by atoms with van der Waals surface area (Å²) in [5, 5.41) is 5.17. The first-order valence-corrected chi connectivity index (χ1v) is 9.62. The minimum atomic E-state index is -0.689. The molecule has 0 fully saturated rings. The van der Waals surface area contributed by atoms with Gasteiger partial charge in [0.05, 0.1) is 6.54 Å². The smallest absolute Gasteiger partial charge is 0.313 e. The number of carbonyl (C=O) groups is 2. The van der Waals surface area contributed by atoms with Crippen molar-refractivity contribution < 1.29 is 14.3 Å². The van der Waals surface area contributed by atoms with Gasteiger partial charge in [0.15, 0.2) is 0 Å². The van der Waals surface area contributed by atoms with Crippen molar-refractivity contribution in [1.29, 1.82) is 0 Å². The Kier molecular flexibility index (Phi) is 7.00. The first-order chi connectivity index (χ1) is 14.2. The third-order valence-electron chi connectivity index (χ3n) is 4.42. The monoisotopic (exact) mass is 388 g/mol. The topological polar surface area (TPSA) is 67.4 Å². The summed E-state index contributed by atoms with van der Waals surface area (Å²) in [5.74, 6) is -0.667. The molecule has 0 saturated heterocycles. The number of nitrogens with one attached hydrogen (secondary N) is 2. The van der Waals surface area contributed by atoms with Crippen molar-refractivity contribution in [1.82, 2.24) is 5.32 Å². The number of rotatable bonds is 7. The van der Waals surface area contributed by atoms with Crippen molar-refractivity contribution in [3.63, 3.8) is 0 Å². The molecule has 0 aliphatic rings. The van der Waals surface area contributed by atoms with Crippen LogP contribution in [-0.2, 0) is 16.0 Å². The zero-order chi connectivity index (χ0) is 20.5. The van der Waals surface area contributed by atoms with Gasteiger partial charge in [-0.25, -0.2) is 0 Å². The minimum Gasteiger partial charge on any atom is -0.492 e.